The first-order valence-electron chi connectivity index (χ1n) is 8.88. The molecule has 0 spiro atoms. The molecule has 1 aliphatic heterocycles. The van der Waals surface area contributed by atoms with Gasteiger partial charge in [0.05, 0.1) is 10.5 Å². The molecule has 1 aromatic carbocycles. The van der Waals surface area contributed by atoms with Gasteiger partial charge >= 0.3 is 6.18 Å². The summed E-state index contributed by atoms with van der Waals surface area (Å²) >= 11 is 12.6. The number of sulfone groups is 1. The highest BCUT2D eigenvalue weighted by atomic mass is 35.5. The molecule has 0 aromatic heterocycles. The van der Waals surface area contributed by atoms with Crippen LogP contribution in [0, 0.1) is 5.92 Å². The van der Waals surface area contributed by atoms with Gasteiger partial charge in [-0.3, -0.25) is 4.79 Å². The Morgan fingerprint density at radius 2 is 2.00 bits per heavy atom. The van der Waals surface area contributed by atoms with Gasteiger partial charge < -0.3 is 9.64 Å². The summed E-state index contributed by atoms with van der Waals surface area (Å²) in [4.78, 5) is 14.4. The fourth-order valence-corrected chi connectivity index (χ4v) is 4.58. The van der Waals surface area contributed by atoms with Gasteiger partial charge in [0.2, 0.25) is 0 Å². The second kappa shape index (κ2) is 7.76. The third-order valence-electron chi connectivity index (χ3n) is 4.98. The predicted octanol–water partition coefficient (Wildman–Crippen LogP) is 4.51. The number of fused-ring (bicyclic) bond motifs is 1. The Bertz CT molecular complexity index is 1030. The van der Waals surface area contributed by atoms with Crippen LogP contribution in [0.15, 0.2) is 47.0 Å². The lowest BCUT2D eigenvalue weighted by Gasteiger charge is -2.29. The molecule has 1 saturated heterocycles. The molecular formula is C19H18Cl2F3NO4S. The highest BCUT2D eigenvalue weighted by Crippen LogP contribution is 2.46. The zero-order valence-electron chi connectivity index (χ0n) is 15.9. The molecule has 1 aromatic rings. The lowest BCUT2D eigenvalue weighted by Crippen LogP contribution is -2.34. The number of likely N-dealkylation sites (tertiary alicyclic amines) is 1. The Hall–Kier alpha value is -1.71. The molecule has 30 heavy (non-hydrogen) atoms. The summed E-state index contributed by atoms with van der Waals surface area (Å²) in [6.07, 6.45) is -0.661. The average Bonchev–Trinajstić information content (AvgIpc) is 3.05. The van der Waals surface area contributed by atoms with Crippen LogP contribution in [-0.2, 0) is 9.84 Å². The van der Waals surface area contributed by atoms with E-state index < -0.39 is 32.4 Å². The fourth-order valence-electron chi connectivity index (χ4n) is 3.34. The number of carbonyl (C=O) groups is 1. The van der Waals surface area contributed by atoms with E-state index in [1.54, 1.807) is 18.2 Å². The van der Waals surface area contributed by atoms with Crippen molar-refractivity contribution in [3.63, 3.8) is 0 Å². The summed E-state index contributed by atoms with van der Waals surface area (Å²) in [5.41, 5.74) is 0.215. The van der Waals surface area contributed by atoms with Crippen LogP contribution in [0.4, 0.5) is 13.2 Å². The van der Waals surface area contributed by atoms with E-state index in [0.717, 1.165) is 31.4 Å². The monoisotopic (exact) mass is 483 g/mol. The average molecular weight is 484 g/mol. The van der Waals surface area contributed by atoms with Crippen molar-refractivity contribution in [3.05, 3.63) is 47.7 Å². The standard InChI is InChI=1S/C19H18Cl2F3NO4S/c1-11(19(22,23)24)29-16-6-5-12(30(2,27)28)10-13(16)17(26)25-9-7-14-15(25)4-3-8-18(14,20)21/h3-6,8,10-11,14H,7,9H2,1-2H3/t11-,14?/m0/s1. The van der Waals surface area contributed by atoms with Gasteiger partial charge in [0.15, 0.2) is 15.9 Å². The quantitative estimate of drug-likeness (QED) is 0.591. The first kappa shape index (κ1) is 23.0. The van der Waals surface area contributed by atoms with Crippen molar-refractivity contribution >= 4 is 38.9 Å². The summed E-state index contributed by atoms with van der Waals surface area (Å²) < 4.78 is 66.6. The van der Waals surface area contributed by atoms with E-state index in [0.29, 0.717) is 12.1 Å². The van der Waals surface area contributed by atoms with Crippen LogP contribution < -0.4 is 4.74 Å². The van der Waals surface area contributed by atoms with E-state index >= 15 is 0 Å². The van der Waals surface area contributed by atoms with Crippen molar-refractivity contribution in [2.75, 3.05) is 12.8 Å². The molecule has 0 saturated carbocycles. The number of alkyl halides is 5. The number of hydrogen-bond donors (Lipinski definition) is 0. The number of benzene rings is 1. The topological polar surface area (TPSA) is 63.7 Å². The zero-order valence-corrected chi connectivity index (χ0v) is 18.2. The summed E-state index contributed by atoms with van der Waals surface area (Å²) in [5, 5.41) is 0. The maximum atomic E-state index is 13.3. The number of rotatable bonds is 4. The minimum atomic E-state index is -4.66. The fraction of sp³-hybridized carbons (Fsp3) is 0.421. The van der Waals surface area contributed by atoms with Gasteiger partial charge in [0.1, 0.15) is 10.1 Å². The zero-order chi connectivity index (χ0) is 22.5. The van der Waals surface area contributed by atoms with E-state index in [-0.39, 0.29) is 28.7 Å². The molecule has 0 bridgehead atoms. The van der Waals surface area contributed by atoms with Crippen LogP contribution in [0.5, 0.6) is 5.75 Å². The highest BCUT2D eigenvalue weighted by molar-refractivity contribution is 7.90. The minimum Gasteiger partial charge on any atom is -0.480 e. The van der Waals surface area contributed by atoms with Crippen LogP contribution in [0.25, 0.3) is 0 Å². The third kappa shape index (κ3) is 4.48. The number of allylic oxidation sites excluding steroid dienone is 4. The Labute approximate surface area is 182 Å². The van der Waals surface area contributed by atoms with Gasteiger partial charge in [-0.1, -0.05) is 29.3 Å². The molecule has 2 aliphatic rings. The summed E-state index contributed by atoms with van der Waals surface area (Å²) in [6.45, 7) is 1.02. The van der Waals surface area contributed by atoms with Crippen molar-refractivity contribution in [2.24, 2.45) is 5.92 Å². The minimum absolute atomic E-state index is 0.213. The van der Waals surface area contributed by atoms with Crippen LogP contribution in [0.3, 0.4) is 0 Å². The Morgan fingerprint density at radius 3 is 2.60 bits per heavy atom. The number of ether oxygens (including phenoxy) is 1. The molecule has 5 nitrogen and oxygen atoms in total. The van der Waals surface area contributed by atoms with Gasteiger partial charge in [0, 0.05) is 24.4 Å². The van der Waals surface area contributed by atoms with E-state index in [9.17, 15) is 26.4 Å². The lowest BCUT2D eigenvalue weighted by molar-refractivity contribution is -0.189. The molecule has 3 rings (SSSR count). The number of carbonyl (C=O) groups excluding carboxylic acids is 1. The Kier molecular flexibility index (Phi) is 5.94. The molecule has 1 heterocycles. The summed E-state index contributed by atoms with van der Waals surface area (Å²) in [5.74, 6) is -1.44. The number of nitrogens with zero attached hydrogens (tertiary/aromatic N) is 1. The van der Waals surface area contributed by atoms with Crippen LogP contribution in [0.2, 0.25) is 0 Å². The number of halogens is 5. The normalized spacial score (nSPS) is 21.8. The van der Waals surface area contributed by atoms with E-state index in [4.69, 9.17) is 27.9 Å². The molecule has 1 aliphatic carbocycles. The summed E-state index contributed by atoms with van der Waals surface area (Å²) in [7, 11) is -3.71. The maximum Gasteiger partial charge on any atom is 0.425 e. The molecule has 1 amide bonds. The van der Waals surface area contributed by atoms with E-state index in [1.807, 2.05) is 0 Å². The van der Waals surface area contributed by atoms with E-state index in [1.165, 1.54) is 4.90 Å². The van der Waals surface area contributed by atoms with Crippen molar-refractivity contribution in [1.29, 1.82) is 0 Å². The molecule has 1 fully saturated rings. The van der Waals surface area contributed by atoms with E-state index in [2.05, 4.69) is 0 Å². The predicted molar refractivity (Wildman–Crippen MR) is 107 cm³/mol. The Balaban J connectivity index is 2.03. The van der Waals surface area contributed by atoms with Gasteiger partial charge in [-0.05, 0) is 43.7 Å². The lowest BCUT2D eigenvalue weighted by atomic mass is 9.96. The first-order chi connectivity index (χ1) is 13.7. The second-order valence-electron chi connectivity index (χ2n) is 7.16. The molecule has 11 heteroatoms. The molecular weight excluding hydrogens is 466 g/mol. The SMILES string of the molecule is C[C@H](Oc1ccc(S(C)(=O)=O)cc1C(=O)N1CCC2C1=CC=CC2(Cl)Cl)C(F)(F)F. The van der Waals surface area contributed by atoms with Crippen molar-refractivity contribution in [3.8, 4) is 5.75 Å². The molecule has 0 radical (unpaired) electrons. The number of amides is 1. The molecule has 1 unspecified atom stereocenters. The Morgan fingerprint density at radius 1 is 1.33 bits per heavy atom. The van der Waals surface area contributed by atoms with Gasteiger partial charge in [0.25, 0.3) is 5.91 Å². The molecule has 2 atom stereocenters. The smallest absolute Gasteiger partial charge is 0.425 e. The molecule has 0 N–H and O–H groups in total. The highest BCUT2D eigenvalue weighted by Gasteiger charge is 2.45. The third-order valence-corrected chi connectivity index (χ3v) is 6.87. The summed E-state index contributed by atoms with van der Waals surface area (Å²) in [6, 6.07) is 3.18. The largest absolute Gasteiger partial charge is 0.480 e. The van der Waals surface area contributed by atoms with Crippen LogP contribution in [0.1, 0.15) is 23.7 Å². The van der Waals surface area contributed by atoms with Gasteiger partial charge in [-0.25, -0.2) is 8.42 Å². The van der Waals surface area contributed by atoms with Crippen molar-refractivity contribution < 1.29 is 31.1 Å². The van der Waals surface area contributed by atoms with Gasteiger partial charge in [-0.2, -0.15) is 13.2 Å². The number of hydrogen-bond acceptors (Lipinski definition) is 4. The first-order valence-corrected chi connectivity index (χ1v) is 11.5. The van der Waals surface area contributed by atoms with Crippen LogP contribution in [-0.4, -0.2) is 48.6 Å². The van der Waals surface area contributed by atoms with Crippen molar-refractivity contribution in [2.45, 2.75) is 34.9 Å². The van der Waals surface area contributed by atoms with Crippen LogP contribution >= 0.6 is 23.2 Å². The molecule has 164 valence electrons. The maximum absolute atomic E-state index is 13.3. The van der Waals surface area contributed by atoms with Crippen molar-refractivity contribution in [1.82, 2.24) is 4.90 Å². The second-order valence-corrected chi connectivity index (χ2v) is 10.6. The van der Waals surface area contributed by atoms with Gasteiger partial charge in [-0.15, -0.1) is 0 Å².